The van der Waals surface area contributed by atoms with Crippen LogP contribution in [0.15, 0.2) is 0 Å². The third kappa shape index (κ3) is 4.61. The summed E-state index contributed by atoms with van der Waals surface area (Å²) in [5, 5.41) is 9.10. The summed E-state index contributed by atoms with van der Waals surface area (Å²) in [5.74, 6) is 0. The van der Waals surface area contributed by atoms with Gasteiger partial charge in [0.05, 0.1) is 12.1 Å². The highest BCUT2D eigenvalue weighted by Gasteiger charge is 2.23. The maximum Gasteiger partial charge on any atom is 0.210 e. The van der Waals surface area contributed by atoms with Crippen molar-refractivity contribution in [3.05, 3.63) is 0 Å². The van der Waals surface area contributed by atoms with Gasteiger partial charge in [0.1, 0.15) is 0 Å². The van der Waals surface area contributed by atoms with Crippen LogP contribution in [0, 0.1) is 0 Å². The summed E-state index contributed by atoms with van der Waals surface area (Å²) in [5.41, 5.74) is -0.423. The van der Waals surface area contributed by atoms with Crippen molar-refractivity contribution in [3.63, 3.8) is 0 Å². The fourth-order valence-electron chi connectivity index (χ4n) is 1.30. The molecule has 0 aliphatic rings. The van der Waals surface area contributed by atoms with Gasteiger partial charge in [0.15, 0.2) is 0 Å². The first-order valence-electron chi connectivity index (χ1n) is 5.41. The molecule has 0 saturated heterocycles. The van der Waals surface area contributed by atoms with E-state index in [0.717, 1.165) is 25.8 Å². The minimum absolute atomic E-state index is 0.0134. The first kappa shape index (κ1) is 13.4. The van der Waals surface area contributed by atoms with Crippen LogP contribution in [0.5, 0.6) is 0 Å². The van der Waals surface area contributed by atoms with Crippen LogP contribution in [0.4, 0.5) is 0 Å². The summed E-state index contributed by atoms with van der Waals surface area (Å²) >= 11 is 0. The van der Waals surface area contributed by atoms with Gasteiger partial charge in [0, 0.05) is 6.54 Å². The van der Waals surface area contributed by atoms with Crippen LogP contribution in [0.2, 0.25) is 0 Å². The maximum atomic E-state index is 10.8. The zero-order valence-corrected chi connectivity index (χ0v) is 9.62. The van der Waals surface area contributed by atoms with Gasteiger partial charge >= 0.3 is 0 Å². The Balaban J connectivity index is 3.85. The monoisotopic (exact) mass is 201 g/mol. The number of carbonyl (C=O) groups excluding carboxylic acids is 1. The van der Waals surface area contributed by atoms with Crippen LogP contribution in [0.25, 0.3) is 0 Å². The van der Waals surface area contributed by atoms with Crippen LogP contribution in [-0.2, 0) is 4.79 Å². The van der Waals surface area contributed by atoms with E-state index in [1.807, 2.05) is 13.8 Å². The van der Waals surface area contributed by atoms with Gasteiger partial charge in [-0.15, -0.1) is 0 Å². The molecule has 0 rings (SSSR count). The lowest BCUT2D eigenvalue weighted by molar-refractivity contribution is -0.124. The Labute approximate surface area is 87.1 Å². The lowest BCUT2D eigenvalue weighted by Crippen LogP contribution is -2.46. The molecule has 14 heavy (non-hydrogen) atoms. The number of carbonyl (C=O) groups is 1. The quantitative estimate of drug-likeness (QED) is 0.480. The predicted molar refractivity (Wildman–Crippen MR) is 58.1 cm³/mol. The summed E-state index contributed by atoms with van der Waals surface area (Å²) in [6, 6.07) is 0. The molecule has 0 aromatic heterocycles. The normalized spacial score (nSPS) is 11.4. The number of rotatable bonds is 8. The lowest BCUT2D eigenvalue weighted by atomic mass is 10.0. The molecule has 3 heteroatoms. The van der Waals surface area contributed by atoms with Crippen molar-refractivity contribution >= 4 is 6.41 Å². The second-order valence-corrected chi connectivity index (χ2v) is 4.33. The average molecular weight is 201 g/mol. The van der Waals surface area contributed by atoms with Crippen molar-refractivity contribution in [1.29, 1.82) is 0 Å². The van der Waals surface area contributed by atoms with E-state index in [2.05, 4.69) is 6.92 Å². The summed E-state index contributed by atoms with van der Waals surface area (Å²) < 4.78 is 0. The molecular formula is C11H23NO2. The molecule has 0 aromatic rings. The van der Waals surface area contributed by atoms with E-state index < -0.39 is 5.54 Å². The maximum absolute atomic E-state index is 10.8. The average Bonchev–Trinajstić information content (AvgIpc) is 2.17. The van der Waals surface area contributed by atoms with E-state index in [4.69, 9.17) is 5.11 Å². The van der Waals surface area contributed by atoms with Gasteiger partial charge in [0.25, 0.3) is 0 Å². The second kappa shape index (κ2) is 6.82. The van der Waals surface area contributed by atoms with Crippen LogP contribution < -0.4 is 0 Å². The highest BCUT2D eigenvalue weighted by molar-refractivity contribution is 5.48. The molecule has 0 atom stereocenters. The number of aliphatic hydroxyl groups excluding tert-OH is 1. The molecule has 0 bridgehead atoms. The van der Waals surface area contributed by atoms with Crippen molar-refractivity contribution in [1.82, 2.24) is 4.90 Å². The number of hydrogen-bond acceptors (Lipinski definition) is 2. The van der Waals surface area contributed by atoms with Crippen molar-refractivity contribution in [2.75, 3.05) is 13.2 Å². The zero-order valence-electron chi connectivity index (χ0n) is 9.62. The Bertz CT molecular complexity index is 157. The number of unbranched alkanes of at least 4 members (excludes halogenated alkanes) is 3. The molecule has 0 aromatic carbocycles. The third-order valence-corrected chi connectivity index (χ3v) is 2.54. The largest absolute Gasteiger partial charge is 0.394 e. The first-order chi connectivity index (χ1) is 6.58. The Morgan fingerprint density at radius 3 is 2.36 bits per heavy atom. The lowest BCUT2D eigenvalue weighted by Gasteiger charge is -2.34. The molecule has 0 aliphatic carbocycles. The third-order valence-electron chi connectivity index (χ3n) is 2.54. The van der Waals surface area contributed by atoms with E-state index in [0.29, 0.717) is 0 Å². The predicted octanol–water partition coefficient (Wildman–Crippen LogP) is 1.80. The van der Waals surface area contributed by atoms with Gasteiger partial charge in [-0.3, -0.25) is 4.79 Å². The fourth-order valence-corrected chi connectivity index (χ4v) is 1.30. The SMILES string of the molecule is CCCCCCN(C=O)C(C)(C)CO. The molecule has 0 saturated carbocycles. The Hall–Kier alpha value is -0.570. The highest BCUT2D eigenvalue weighted by atomic mass is 16.3. The standard InChI is InChI=1S/C11H23NO2/c1-4-5-6-7-8-12(10-14)11(2,3)9-13/h10,13H,4-9H2,1-3H3. The van der Waals surface area contributed by atoms with Gasteiger partial charge in [-0.1, -0.05) is 26.2 Å². The molecule has 1 amide bonds. The van der Waals surface area contributed by atoms with Crippen molar-refractivity contribution in [2.24, 2.45) is 0 Å². The van der Waals surface area contributed by atoms with E-state index in [-0.39, 0.29) is 6.61 Å². The molecule has 0 heterocycles. The molecule has 0 spiro atoms. The second-order valence-electron chi connectivity index (χ2n) is 4.33. The van der Waals surface area contributed by atoms with E-state index in [9.17, 15) is 4.79 Å². The van der Waals surface area contributed by atoms with Gasteiger partial charge in [-0.2, -0.15) is 0 Å². The highest BCUT2D eigenvalue weighted by Crippen LogP contribution is 2.12. The zero-order chi connectivity index (χ0) is 11.0. The summed E-state index contributed by atoms with van der Waals surface area (Å²) in [7, 11) is 0. The van der Waals surface area contributed by atoms with Crippen molar-refractivity contribution in [3.8, 4) is 0 Å². The number of nitrogens with zero attached hydrogens (tertiary/aromatic N) is 1. The van der Waals surface area contributed by atoms with Gasteiger partial charge in [-0.25, -0.2) is 0 Å². The topological polar surface area (TPSA) is 40.5 Å². The Morgan fingerprint density at radius 2 is 1.93 bits per heavy atom. The molecule has 3 nitrogen and oxygen atoms in total. The Kier molecular flexibility index (Phi) is 6.54. The van der Waals surface area contributed by atoms with Gasteiger partial charge in [-0.05, 0) is 20.3 Å². The minimum Gasteiger partial charge on any atom is -0.394 e. The van der Waals surface area contributed by atoms with Crippen molar-refractivity contribution < 1.29 is 9.90 Å². The molecule has 0 fully saturated rings. The summed E-state index contributed by atoms with van der Waals surface area (Å²) in [6.45, 7) is 6.67. The molecule has 0 unspecified atom stereocenters. The van der Waals surface area contributed by atoms with Crippen LogP contribution in [0.3, 0.4) is 0 Å². The summed E-state index contributed by atoms with van der Waals surface area (Å²) in [4.78, 5) is 12.5. The fraction of sp³-hybridized carbons (Fsp3) is 0.909. The van der Waals surface area contributed by atoms with E-state index >= 15 is 0 Å². The van der Waals surface area contributed by atoms with Crippen molar-refractivity contribution in [2.45, 2.75) is 52.0 Å². The van der Waals surface area contributed by atoms with Gasteiger partial charge < -0.3 is 10.0 Å². The van der Waals surface area contributed by atoms with E-state index in [1.54, 1.807) is 4.90 Å². The summed E-state index contributed by atoms with van der Waals surface area (Å²) in [6.07, 6.45) is 5.43. The Morgan fingerprint density at radius 1 is 1.29 bits per heavy atom. The molecule has 0 radical (unpaired) electrons. The van der Waals surface area contributed by atoms with Crippen LogP contribution in [0.1, 0.15) is 46.5 Å². The van der Waals surface area contributed by atoms with Crippen LogP contribution in [-0.4, -0.2) is 35.1 Å². The molecule has 0 aliphatic heterocycles. The molecule has 84 valence electrons. The molecular weight excluding hydrogens is 178 g/mol. The number of aliphatic hydroxyl groups is 1. The van der Waals surface area contributed by atoms with Crippen LogP contribution >= 0.6 is 0 Å². The van der Waals surface area contributed by atoms with Gasteiger partial charge in [0.2, 0.25) is 6.41 Å². The number of amides is 1. The minimum atomic E-state index is -0.423. The molecule has 1 N–H and O–H groups in total. The smallest absolute Gasteiger partial charge is 0.210 e. The number of hydrogen-bond donors (Lipinski definition) is 1. The van der Waals surface area contributed by atoms with E-state index in [1.165, 1.54) is 12.8 Å². The first-order valence-corrected chi connectivity index (χ1v) is 5.41.